The van der Waals surface area contributed by atoms with Gasteiger partial charge in [0.1, 0.15) is 5.75 Å². The first-order valence-electron chi connectivity index (χ1n) is 6.10. The highest BCUT2D eigenvalue weighted by Crippen LogP contribution is 2.38. The van der Waals surface area contributed by atoms with Crippen molar-refractivity contribution in [1.82, 2.24) is 5.32 Å². The fourth-order valence-electron chi connectivity index (χ4n) is 2.45. The van der Waals surface area contributed by atoms with Gasteiger partial charge < -0.3 is 4.74 Å². The second kappa shape index (κ2) is 4.80. The zero-order valence-electron chi connectivity index (χ0n) is 10.7. The van der Waals surface area contributed by atoms with E-state index in [0.29, 0.717) is 19.4 Å². The first-order chi connectivity index (χ1) is 8.55. The Balaban J connectivity index is 2.39. The number of rotatable bonds is 3. The zero-order chi connectivity index (χ0) is 13.2. The van der Waals surface area contributed by atoms with Gasteiger partial charge in [0.2, 0.25) is 11.8 Å². The Morgan fingerprint density at radius 3 is 2.44 bits per heavy atom. The first kappa shape index (κ1) is 12.6. The Hall–Kier alpha value is -1.84. The van der Waals surface area contributed by atoms with Gasteiger partial charge in [-0.15, -0.1) is 0 Å². The summed E-state index contributed by atoms with van der Waals surface area (Å²) in [6.07, 6.45) is 0.617. The molecule has 2 rings (SSSR count). The molecule has 1 aliphatic heterocycles. The summed E-state index contributed by atoms with van der Waals surface area (Å²) >= 11 is 0. The molecule has 1 fully saturated rings. The summed E-state index contributed by atoms with van der Waals surface area (Å²) in [4.78, 5) is 23.1. The van der Waals surface area contributed by atoms with E-state index in [4.69, 9.17) is 4.74 Å². The number of para-hydroxylation sites is 1. The minimum absolute atomic E-state index is 0.222. The maximum atomic E-state index is 11.6. The molecular weight excluding hydrogens is 230 g/mol. The Bertz CT molecular complexity index is 466. The molecule has 0 aliphatic carbocycles. The molecule has 1 N–H and O–H groups in total. The standard InChI is InChI=1S/C14H17NO3/c1-3-18-11-7-5-4-6-10(11)14(2)8-12(16)15-13(17)9-14/h4-7H,3,8-9H2,1-2H3,(H,15,16,17). The van der Waals surface area contributed by atoms with Crippen LogP contribution in [0.2, 0.25) is 0 Å². The summed E-state index contributed by atoms with van der Waals surface area (Å²) in [5.41, 5.74) is 0.445. The molecule has 1 heterocycles. The van der Waals surface area contributed by atoms with Crippen molar-refractivity contribution in [3.8, 4) is 5.75 Å². The van der Waals surface area contributed by atoms with Gasteiger partial charge in [-0.25, -0.2) is 0 Å². The normalized spacial score (nSPS) is 18.3. The van der Waals surface area contributed by atoms with Gasteiger partial charge in [0.25, 0.3) is 0 Å². The summed E-state index contributed by atoms with van der Waals surface area (Å²) in [7, 11) is 0. The van der Waals surface area contributed by atoms with Crippen molar-refractivity contribution in [3.05, 3.63) is 29.8 Å². The van der Waals surface area contributed by atoms with E-state index >= 15 is 0 Å². The zero-order valence-corrected chi connectivity index (χ0v) is 10.7. The van der Waals surface area contributed by atoms with E-state index in [0.717, 1.165) is 11.3 Å². The third kappa shape index (κ3) is 2.37. The molecule has 0 unspecified atom stereocenters. The molecular formula is C14H17NO3. The molecule has 1 saturated heterocycles. The van der Waals surface area contributed by atoms with Gasteiger partial charge in [-0.2, -0.15) is 0 Å². The Morgan fingerprint density at radius 1 is 1.22 bits per heavy atom. The Kier molecular flexibility index (Phi) is 3.36. The fourth-order valence-corrected chi connectivity index (χ4v) is 2.45. The molecule has 0 radical (unpaired) electrons. The number of carbonyl (C=O) groups excluding carboxylic acids is 2. The van der Waals surface area contributed by atoms with Crippen molar-refractivity contribution in [2.24, 2.45) is 0 Å². The predicted octanol–water partition coefficient (Wildman–Crippen LogP) is 1.78. The Morgan fingerprint density at radius 2 is 1.83 bits per heavy atom. The van der Waals surface area contributed by atoms with Crippen LogP contribution in [0.4, 0.5) is 0 Å². The lowest BCUT2D eigenvalue weighted by atomic mass is 9.74. The number of nitrogens with one attached hydrogen (secondary N) is 1. The fraction of sp³-hybridized carbons (Fsp3) is 0.429. The smallest absolute Gasteiger partial charge is 0.227 e. The van der Waals surface area contributed by atoms with Crippen LogP contribution >= 0.6 is 0 Å². The van der Waals surface area contributed by atoms with Crippen LogP contribution in [0.5, 0.6) is 5.75 Å². The molecule has 96 valence electrons. The lowest BCUT2D eigenvalue weighted by Gasteiger charge is -2.33. The SMILES string of the molecule is CCOc1ccccc1C1(C)CC(=O)NC(=O)C1. The number of ether oxygens (including phenoxy) is 1. The molecule has 0 atom stereocenters. The summed E-state index contributed by atoms with van der Waals surface area (Å²) < 4.78 is 5.58. The minimum Gasteiger partial charge on any atom is -0.494 e. The maximum Gasteiger partial charge on any atom is 0.227 e. The predicted molar refractivity (Wildman–Crippen MR) is 67.3 cm³/mol. The molecule has 4 heteroatoms. The van der Waals surface area contributed by atoms with E-state index in [1.54, 1.807) is 0 Å². The molecule has 18 heavy (non-hydrogen) atoms. The van der Waals surface area contributed by atoms with Crippen molar-refractivity contribution >= 4 is 11.8 Å². The van der Waals surface area contributed by atoms with Crippen molar-refractivity contribution in [2.75, 3.05) is 6.61 Å². The van der Waals surface area contributed by atoms with Gasteiger partial charge in [0, 0.05) is 23.8 Å². The van der Waals surface area contributed by atoms with E-state index < -0.39 is 5.41 Å². The molecule has 1 aromatic rings. The number of imide groups is 1. The minimum atomic E-state index is -0.481. The monoisotopic (exact) mass is 247 g/mol. The molecule has 0 bridgehead atoms. The van der Waals surface area contributed by atoms with E-state index in [2.05, 4.69) is 5.32 Å². The molecule has 1 aromatic carbocycles. The Labute approximate surface area is 106 Å². The average molecular weight is 247 g/mol. The lowest BCUT2D eigenvalue weighted by Crippen LogP contribution is -2.45. The number of carbonyl (C=O) groups is 2. The van der Waals surface area contributed by atoms with E-state index in [-0.39, 0.29) is 11.8 Å². The number of hydrogen-bond acceptors (Lipinski definition) is 3. The highest BCUT2D eigenvalue weighted by atomic mass is 16.5. The van der Waals surface area contributed by atoms with E-state index in [1.165, 1.54) is 0 Å². The molecule has 4 nitrogen and oxygen atoms in total. The largest absolute Gasteiger partial charge is 0.494 e. The first-order valence-corrected chi connectivity index (χ1v) is 6.10. The molecule has 0 spiro atoms. The third-order valence-corrected chi connectivity index (χ3v) is 3.22. The van der Waals surface area contributed by atoms with Crippen LogP contribution in [0.3, 0.4) is 0 Å². The molecule has 0 aromatic heterocycles. The number of amides is 2. The van der Waals surface area contributed by atoms with E-state index in [9.17, 15) is 9.59 Å². The summed E-state index contributed by atoms with van der Waals surface area (Å²) in [6.45, 7) is 4.41. The van der Waals surface area contributed by atoms with Crippen molar-refractivity contribution in [2.45, 2.75) is 32.1 Å². The summed E-state index contributed by atoms with van der Waals surface area (Å²) in [6, 6.07) is 7.60. The van der Waals surface area contributed by atoms with Crippen LogP contribution in [0.1, 0.15) is 32.3 Å². The van der Waals surface area contributed by atoms with Crippen LogP contribution in [-0.4, -0.2) is 18.4 Å². The molecule has 0 saturated carbocycles. The highest BCUT2D eigenvalue weighted by Gasteiger charge is 2.38. The summed E-state index contributed by atoms with van der Waals surface area (Å²) in [5.74, 6) is 0.310. The quantitative estimate of drug-likeness (QED) is 0.828. The van der Waals surface area contributed by atoms with Crippen molar-refractivity contribution in [1.29, 1.82) is 0 Å². The van der Waals surface area contributed by atoms with Crippen LogP contribution in [0, 0.1) is 0 Å². The topological polar surface area (TPSA) is 55.4 Å². The summed E-state index contributed by atoms with van der Waals surface area (Å²) in [5, 5.41) is 2.34. The van der Waals surface area contributed by atoms with Gasteiger partial charge in [0.05, 0.1) is 6.61 Å². The van der Waals surface area contributed by atoms with Gasteiger partial charge in [-0.1, -0.05) is 25.1 Å². The number of hydrogen-bond donors (Lipinski definition) is 1. The van der Waals surface area contributed by atoms with Crippen molar-refractivity contribution in [3.63, 3.8) is 0 Å². The molecule has 2 amide bonds. The van der Waals surface area contributed by atoms with Gasteiger partial charge in [-0.3, -0.25) is 14.9 Å². The van der Waals surface area contributed by atoms with Gasteiger partial charge in [-0.05, 0) is 13.0 Å². The van der Waals surface area contributed by atoms with Gasteiger partial charge >= 0.3 is 0 Å². The molecule has 1 aliphatic rings. The highest BCUT2D eigenvalue weighted by molar-refractivity contribution is 5.99. The second-order valence-electron chi connectivity index (χ2n) is 4.81. The number of piperidine rings is 1. The van der Waals surface area contributed by atoms with Crippen LogP contribution in [0.15, 0.2) is 24.3 Å². The maximum absolute atomic E-state index is 11.6. The van der Waals surface area contributed by atoms with Crippen LogP contribution in [0.25, 0.3) is 0 Å². The lowest BCUT2D eigenvalue weighted by molar-refractivity contribution is -0.135. The average Bonchev–Trinajstić information content (AvgIpc) is 2.28. The van der Waals surface area contributed by atoms with Crippen molar-refractivity contribution < 1.29 is 14.3 Å². The number of benzene rings is 1. The second-order valence-corrected chi connectivity index (χ2v) is 4.81. The van der Waals surface area contributed by atoms with Gasteiger partial charge in [0.15, 0.2) is 0 Å². The van der Waals surface area contributed by atoms with E-state index in [1.807, 2.05) is 38.1 Å². The van der Waals surface area contributed by atoms with Crippen LogP contribution in [-0.2, 0) is 15.0 Å². The van der Waals surface area contributed by atoms with Crippen LogP contribution < -0.4 is 10.1 Å². The third-order valence-electron chi connectivity index (χ3n) is 3.22.